The summed E-state index contributed by atoms with van der Waals surface area (Å²) in [4.78, 5) is 43.0. The number of ether oxygens (including phenoxy) is 2. The van der Waals surface area contributed by atoms with E-state index in [9.17, 15) is 14.2 Å². The molecule has 0 amide bonds. The lowest BCUT2D eigenvalue weighted by Crippen LogP contribution is -2.29. The van der Waals surface area contributed by atoms with Crippen molar-refractivity contribution in [2.75, 3.05) is 13.2 Å². The molecular formula is C49H85O8P. The number of carbonyl (C=O) groups excluding carboxylic acids is 2. The SMILES string of the molecule is CCCCC/C=C/C/C=C/CCCCCCCCCCCC(=O)O[C@H](COC(=O)CCC/C=C/C/C=C/C/C=C/C/C=C/CCCCCCCCC)COP(=O)(O)O. The first-order chi connectivity index (χ1) is 28.3. The Balaban J connectivity index is 3.99. The van der Waals surface area contributed by atoms with Crippen LogP contribution in [-0.2, 0) is 28.2 Å². The fourth-order valence-corrected chi connectivity index (χ4v) is 6.58. The minimum atomic E-state index is -4.77. The summed E-state index contributed by atoms with van der Waals surface area (Å²) in [7, 11) is -4.77. The van der Waals surface area contributed by atoms with Crippen LogP contribution in [0.3, 0.4) is 0 Å². The van der Waals surface area contributed by atoms with E-state index in [0.717, 1.165) is 57.8 Å². The van der Waals surface area contributed by atoms with Crippen LogP contribution in [0.5, 0.6) is 0 Å². The second kappa shape index (κ2) is 44.1. The van der Waals surface area contributed by atoms with Crippen LogP contribution in [0.15, 0.2) is 72.9 Å². The average molecular weight is 833 g/mol. The molecule has 9 heteroatoms. The lowest BCUT2D eigenvalue weighted by molar-refractivity contribution is -0.161. The number of esters is 2. The van der Waals surface area contributed by atoms with E-state index in [1.54, 1.807) is 0 Å². The van der Waals surface area contributed by atoms with E-state index in [1.807, 2.05) is 6.08 Å². The van der Waals surface area contributed by atoms with E-state index in [4.69, 9.17) is 19.3 Å². The molecule has 0 bridgehead atoms. The van der Waals surface area contributed by atoms with E-state index >= 15 is 0 Å². The Morgan fingerprint density at radius 1 is 0.448 bits per heavy atom. The van der Waals surface area contributed by atoms with Gasteiger partial charge in [0.25, 0.3) is 0 Å². The molecule has 0 heterocycles. The molecule has 0 spiro atoms. The number of phosphoric ester groups is 1. The number of hydrogen-bond donors (Lipinski definition) is 2. The quantitative estimate of drug-likeness (QED) is 0.0270. The number of unbranched alkanes of at least 4 members (excludes halogenated alkanes) is 20. The van der Waals surface area contributed by atoms with Crippen LogP contribution < -0.4 is 0 Å². The van der Waals surface area contributed by atoms with Crippen molar-refractivity contribution in [3.8, 4) is 0 Å². The maximum atomic E-state index is 12.4. The Bertz CT molecular complexity index is 1170. The maximum absolute atomic E-state index is 12.4. The lowest BCUT2D eigenvalue weighted by atomic mass is 10.1. The van der Waals surface area contributed by atoms with Gasteiger partial charge in [-0.3, -0.25) is 14.1 Å². The molecule has 0 rings (SSSR count). The highest BCUT2D eigenvalue weighted by molar-refractivity contribution is 7.46. The highest BCUT2D eigenvalue weighted by Gasteiger charge is 2.22. The predicted molar refractivity (Wildman–Crippen MR) is 244 cm³/mol. The van der Waals surface area contributed by atoms with E-state index in [-0.39, 0.29) is 19.4 Å². The topological polar surface area (TPSA) is 119 Å². The molecule has 58 heavy (non-hydrogen) atoms. The van der Waals surface area contributed by atoms with Gasteiger partial charge in [0, 0.05) is 12.8 Å². The summed E-state index contributed by atoms with van der Waals surface area (Å²) in [5.74, 6) is -0.956. The van der Waals surface area contributed by atoms with Gasteiger partial charge in [-0.05, 0) is 83.5 Å². The molecule has 0 aromatic carbocycles. The molecule has 0 saturated heterocycles. The minimum Gasteiger partial charge on any atom is -0.462 e. The summed E-state index contributed by atoms with van der Waals surface area (Å²) in [6.07, 6.45) is 57.7. The number of phosphoric acid groups is 1. The highest BCUT2D eigenvalue weighted by Crippen LogP contribution is 2.36. The van der Waals surface area contributed by atoms with Crippen LogP contribution in [0.4, 0.5) is 0 Å². The normalized spacial score (nSPS) is 13.1. The molecule has 0 aromatic rings. The molecule has 0 unspecified atom stereocenters. The van der Waals surface area contributed by atoms with E-state index < -0.39 is 32.5 Å². The Hall–Kier alpha value is -2.51. The maximum Gasteiger partial charge on any atom is 0.469 e. The van der Waals surface area contributed by atoms with Crippen molar-refractivity contribution in [3.63, 3.8) is 0 Å². The predicted octanol–water partition coefficient (Wildman–Crippen LogP) is 14.6. The second-order valence-electron chi connectivity index (χ2n) is 15.4. The van der Waals surface area contributed by atoms with Crippen LogP contribution in [0, 0.1) is 0 Å². The van der Waals surface area contributed by atoms with Gasteiger partial charge in [0.15, 0.2) is 6.10 Å². The van der Waals surface area contributed by atoms with Gasteiger partial charge < -0.3 is 19.3 Å². The molecule has 0 aromatic heterocycles. The fraction of sp³-hybridized carbons (Fsp3) is 0.714. The van der Waals surface area contributed by atoms with Gasteiger partial charge in [-0.15, -0.1) is 0 Å². The van der Waals surface area contributed by atoms with Gasteiger partial charge in [0.2, 0.25) is 0 Å². The zero-order chi connectivity index (χ0) is 42.5. The first kappa shape index (κ1) is 55.5. The van der Waals surface area contributed by atoms with Gasteiger partial charge in [-0.1, -0.05) is 183 Å². The molecule has 0 aliphatic rings. The highest BCUT2D eigenvalue weighted by atomic mass is 31.2. The summed E-state index contributed by atoms with van der Waals surface area (Å²) in [6, 6.07) is 0. The third kappa shape index (κ3) is 46.2. The largest absolute Gasteiger partial charge is 0.469 e. The van der Waals surface area contributed by atoms with Crippen LogP contribution in [0.25, 0.3) is 0 Å². The lowest BCUT2D eigenvalue weighted by Gasteiger charge is -2.18. The molecule has 1 atom stereocenters. The van der Waals surface area contributed by atoms with Crippen molar-refractivity contribution >= 4 is 19.8 Å². The number of rotatable bonds is 42. The van der Waals surface area contributed by atoms with Gasteiger partial charge in [0.1, 0.15) is 6.61 Å². The van der Waals surface area contributed by atoms with Gasteiger partial charge in [0.05, 0.1) is 6.61 Å². The third-order valence-electron chi connectivity index (χ3n) is 9.70. The van der Waals surface area contributed by atoms with Crippen LogP contribution in [0.2, 0.25) is 0 Å². The Morgan fingerprint density at radius 3 is 1.24 bits per heavy atom. The van der Waals surface area contributed by atoms with E-state index in [1.165, 1.54) is 109 Å². The molecule has 0 fully saturated rings. The smallest absolute Gasteiger partial charge is 0.462 e. The average Bonchev–Trinajstić information content (AvgIpc) is 3.20. The summed E-state index contributed by atoms with van der Waals surface area (Å²) in [5.41, 5.74) is 0. The van der Waals surface area contributed by atoms with Gasteiger partial charge >= 0.3 is 19.8 Å². The summed E-state index contributed by atoms with van der Waals surface area (Å²) < 4.78 is 26.4. The van der Waals surface area contributed by atoms with Crippen molar-refractivity contribution in [3.05, 3.63) is 72.9 Å². The molecule has 2 N–H and O–H groups in total. The first-order valence-electron chi connectivity index (χ1n) is 23.2. The zero-order valence-corrected chi connectivity index (χ0v) is 37.8. The number of allylic oxidation sites excluding steroid dienone is 12. The molecule has 8 nitrogen and oxygen atoms in total. The molecule has 334 valence electrons. The molecule has 0 aliphatic heterocycles. The molecule has 0 radical (unpaired) electrons. The van der Waals surface area contributed by atoms with Crippen molar-refractivity contribution in [1.82, 2.24) is 0 Å². The van der Waals surface area contributed by atoms with Crippen LogP contribution >= 0.6 is 7.82 Å². The minimum absolute atomic E-state index is 0.188. The van der Waals surface area contributed by atoms with E-state index in [0.29, 0.717) is 12.8 Å². The summed E-state index contributed by atoms with van der Waals surface area (Å²) in [6.45, 7) is 3.62. The van der Waals surface area contributed by atoms with Crippen molar-refractivity contribution in [2.45, 2.75) is 213 Å². The van der Waals surface area contributed by atoms with Crippen LogP contribution in [0.1, 0.15) is 206 Å². The zero-order valence-electron chi connectivity index (χ0n) is 36.9. The van der Waals surface area contributed by atoms with Crippen molar-refractivity contribution in [1.29, 1.82) is 0 Å². The number of carbonyl (C=O) groups is 2. The van der Waals surface area contributed by atoms with Gasteiger partial charge in [-0.2, -0.15) is 0 Å². The monoisotopic (exact) mass is 833 g/mol. The fourth-order valence-electron chi connectivity index (χ4n) is 6.22. The third-order valence-corrected chi connectivity index (χ3v) is 10.2. The second-order valence-corrected chi connectivity index (χ2v) is 16.6. The van der Waals surface area contributed by atoms with Crippen molar-refractivity contribution < 1.29 is 37.9 Å². The summed E-state index contributed by atoms with van der Waals surface area (Å²) >= 11 is 0. The van der Waals surface area contributed by atoms with Crippen molar-refractivity contribution in [2.24, 2.45) is 0 Å². The number of hydrogen-bond acceptors (Lipinski definition) is 6. The van der Waals surface area contributed by atoms with E-state index in [2.05, 4.69) is 85.2 Å². The van der Waals surface area contributed by atoms with Crippen LogP contribution in [-0.4, -0.2) is 41.0 Å². The molecular weight excluding hydrogens is 748 g/mol. The molecule has 0 saturated carbocycles. The first-order valence-corrected chi connectivity index (χ1v) is 24.8. The summed E-state index contributed by atoms with van der Waals surface area (Å²) in [5, 5.41) is 0. The Morgan fingerprint density at radius 2 is 0.793 bits per heavy atom. The Labute approximate surface area is 355 Å². The van der Waals surface area contributed by atoms with Gasteiger partial charge in [-0.25, -0.2) is 4.57 Å². The standard InChI is InChI=1S/C49H85O8P/c1-3-5-7-9-11-13-15-17-19-21-23-24-26-27-29-31-33-35-37-39-41-43-48(50)55-45-47(46-56-58(52,53)54)57-49(51)44-42-40-38-36-34-32-30-28-25-22-20-18-16-14-12-10-8-6-4-2/h12,14,18-21,24,26,29,31,35,37,47H,3-11,13,15-17,22-23,25,27-28,30,32-34,36,38-46H2,1-2H3,(H2,52,53,54)/b14-12+,20-18+,21-19+,26-24+,31-29+,37-35+/t47-/m1/s1. The Kier molecular flexibility index (Phi) is 42.1. The molecule has 0 aliphatic carbocycles.